The van der Waals surface area contributed by atoms with Crippen molar-refractivity contribution in [3.63, 3.8) is 0 Å². The number of carbonyl (C=O) groups excluding carboxylic acids is 1. The summed E-state index contributed by atoms with van der Waals surface area (Å²) in [6.45, 7) is 6.04. The second kappa shape index (κ2) is 9.90. The van der Waals surface area contributed by atoms with Crippen LogP contribution in [-0.2, 0) is 14.3 Å². The van der Waals surface area contributed by atoms with Gasteiger partial charge in [-0.25, -0.2) is 0 Å². The van der Waals surface area contributed by atoms with E-state index in [0.717, 1.165) is 52.0 Å². The minimum absolute atomic E-state index is 0.0341. The monoisotopic (exact) mass is 362 g/mol. The lowest BCUT2D eigenvalue weighted by Crippen LogP contribution is -2.42. The van der Waals surface area contributed by atoms with Crippen molar-refractivity contribution in [3.8, 4) is 5.75 Å². The van der Waals surface area contributed by atoms with Crippen molar-refractivity contribution in [2.24, 2.45) is 0 Å². The molecule has 144 valence electrons. The minimum Gasteiger partial charge on any atom is -0.492 e. The molecule has 0 radical (unpaired) electrons. The summed E-state index contributed by atoms with van der Waals surface area (Å²) in [5.74, 6) is 0.668. The average molecular weight is 362 g/mol. The maximum absolute atomic E-state index is 12.6. The summed E-state index contributed by atoms with van der Waals surface area (Å²) in [7, 11) is 0. The van der Waals surface area contributed by atoms with Gasteiger partial charge in [-0.3, -0.25) is 9.69 Å². The molecule has 1 amide bonds. The van der Waals surface area contributed by atoms with Crippen LogP contribution in [0, 0.1) is 0 Å². The average Bonchev–Trinajstić information content (AvgIpc) is 3.31. The van der Waals surface area contributed by atoms with Crippen LogP contribution < -0.4 is 10.1 Å². The smallest absolute Gasteiger partial charge is 0.238 e. The molecule has 26 heavy (non-hydrogen) atoms. The molecule has 2 aliphatic heterocycles. The normalized spacial score (nSPS) is 22.7. The summed E-state index contributed by atoms with van der Waals surface area (Å²) in [5, 5.41) is 2.99. The number of anilines is 1. The van der Waals surface area contributed by atoms with Gasteiger partial charge in [-0.15, -0.1) is 0 Å². The van der Waals surface area contributed by atoms with Crippen molar-refractivity contribution >= 4 is 11.6 Å². The van der Waals surface area contributed by atoms with E-state index in [1.807, 2.05) is 31.2 Å². The largest absolute Gasteiger partial charge is 0.492 e. The molecule has 1 N–H and O–H groups in total. The maximum Gasteiger partial charge on any atom is 0.238 e. The van der Waals surface area contributed by atoms with E-state index in [-0.39, 0.29) is 18.1 Å². The quantitative estimate of drug-likeness (QED) is 0.732. The Morgan fingerprint density at radius 2 is 1.81 bits per heavy atom. The molecule has 1 aromatic rings. The summed E-state index contributed by atoms with van der Waals surface area (Å²) >= 11 is 0. The first-order valence-electron chi connectivity index (χ1n) is 9.72. The van der Waals surface area contributed by atoms with Gasteiger partial charge in [-0.1, -0.05) is 12.1 Å². The summed E-state index contributed by atoms with van der Waals surface area (Å²) in [6, 6.07) is 7.54. The highest BCUT2D eigenvalue weighted by Gasteiger charge is 2.25. The van der Waals surface area contributed by atoms with Gasteiger partial charge < -0.3 is 19.5 Å². The van der Waals surface area contributed by atoms with E-state index in [1.165, 1.54) is 0 Å². The lowest BCUT2D eigenvalue weighted by atomic mass is 10.2. The standard InChI is InChI=1S/C20H30N2O4/c1-2-24-19-10-4-3-9-18(19)21-20(23)15-22(13-16-7-5-11-25-16)14-17-8-6-12-26-17/h3-4,9-10,16-17H,2,5-8,11-15H2,1H3,(H,21,23)/t16-,17+. The number of para-hydroxylation sites is 2. The van der Waals surface area contributed by atoms with E-state index in [2.05, 4.69) is 10.2 Å². The Balaban J connectivity index is 1.58. The van der Waals surface area contributed by atoms with Gasteiger partial charge in [0.1, 0.15) is 5.75 Å². The highest BCUT2D eigenvalue weighted by atomic mass is 16.5. The topological polar surface area (TPSA) is 60.0 Å². The highest BCUT2D eigenvalue weighted by molar-refractivity contribution is 5.93. The zero-order valence-electron chi connectivity index (χ0n) is 15.6. The Hall–Kier alpha value is -1.63. The van der Waals surface area contributed by atoms with E-state index < -0.39 is 0 Å². The van der Waals surface area contributed by atoms with E-state index in [0.29, 0.717) is 24.6 Å². The molecule has 0 aromatic heterocycles. The number of hydrogen-bond acceptors (Lipinski definition) is 5. The molecule has 2 heterocycles. The van der Waals surface area contributed by atoms with Crippen molar-refractivity contribution in [2.75, 3.05) is 44.8 Å². The van der Waals surface area contributed by atoms with Crippen LogP contribution in [0.15, 0.2) is 24.3 Å². The van der Waals surface area contributed by atoms with Crippen LogP contribution in [0.1, 0.15) is 32.6 Å². The molecule has 1 aromatic carbocycles. The van der Waals surface area contributed by atoms with Gasteiger partial charge >= 0.3 is 0 Å². The zero-order valence-corrected chi connectivity index (χ0v) is 15.6. The summed E-state index contributed by atoms with van der Waals surface area (Å²) < 4.78 is 17.1. The predicted molar refractivity (Wildman–Crippen MR) is 101 cm³/mol. The molecule has 0 unspecified atom stereocenters. The van der Waals surface area contributed by atoms with Crippen molar-refractivity contribution in [1.82, 2.24) is 4.90 Å². The first kappa shape index (κ1) is 19.1. The molecule has 3 rings (SSSR count). The second-order valence-electron chi connectivity index (χ2n) is 6.94. The van der Waals surface area contributed by atoms with Gasteiger partial charge in [0.15, 0.2) is 0 Å². The van der Waals surface area contributed by atoms with Crippen LogP contribution in [0.2, 0.25) is 0 Å². The predicted octanol–water partition coefficient (Wildman–Crippen LogP) is 2.68. The van der Waals surface area contributed by atoms with Gasteiger partial charge in [0.25, 0.3) is 0 Å². The second-order valence-corrected chi connectivity index (χ2v) is 6.94. The SMILES string of the molecule is CCOc1ccccc1NC(=O)CN(C[C@H]1CCCO1)C[C@@H]1CCCO1. The van der Waals surface area contributed by atoms with Gasteiger partial charge in [-0.2, -0.15) is 0 Å². The molecule has 0 bridgehead atoms. The van der Waals surface area contributed by atoms with E-state index in [9.17, 15) is 4.79 Å². The molecule has 6 nitrogen and oxygen atoms in total. The summed E-state index contributed by atoms with van der Waals surface area (Å²) in [5.41, 5.74) is 0.716. The van der Waals surface area contributed by atoms with Crippen LogP contribution in [0.3, 0.4) is 0 Å². The molecule has 2 saturated heterocycles. The number of ether oxygens (including phenoxy) is 3. The lowest BCUT2D eigenvalue weighted by Gasteiger charge is -2.27. The third-order valence-electron chi connectivity index (χ3n) is 4.80. The molecular formula is C20H30N2O4. The van der Waals surface area contributed by atoms with Crippen LogP contribution >= 0.6 is 0 Å². The molecule has 2 fully saturated rings. The minimum atomic E-state index is -0.0341. The van der Waals surface area contributed by atoms with Gasteiger partial charge in [0.2, 0.25) is 5.91 Å². The number of rotatable bonds is 9. The lowest BCUT2D eigenvalue weighted by molar-refractivity contribution is -0.118. The van der Waals surface area contributed by atoms with E-state index in [4.69, 9.17) is 14.2 Å². The summed E-state index contributed by atoms with van der Waals surface area (Å²) in [6.07, 6.45) is 4.78. The third kappa shape index (κ3) is 5.69. The third-order valence-corrected chi connectivity index (χ3v) is 4.80. The maximum atomic E-state index is 12.6. The Kier molecular flexibility index (Phi) is 7.29. The first-order valence-corrected chi connectivity index (χ1v) is 9.72. The van der Waals surface area contributed by atoms with E-state index in [1.54, 1.807) is 0 Å². The molecule has 2 atom stereocenters. The van der Waals surface area contributed by atoms with Crippen LogP contribution in [-0.4, -0.2) is 62.5 Å². The number of hydrogen-bond donors (Lipinski definition) is 1. The van der Waals surface area contributed by atoms with Gasteiger partial charge in [0.05, 0.1) is 31.0 Å². The van der Waals surface area contributed by atoms with Crippen molar-refractivity contribution in [3.05, 3.63) is 24.3 Å². The Labute approximate surface area is 155 Å². The van der Waals surface area contributed by atoms with Crippen LogP contribution in [0.25, 0.3) is 0 Å². The molecule has 0 saturated carbocycles. The van der Waals surface area contributed by atoms with Crippen LogP contribution in [0.5, 0.6) is 5.75 Å². The molecule has 6 heteroatoms. The van der Waals surface area contributed by atoms with Crippen LogP contribution in [0.4, 0.5) is 5.69 Å². The Morgan fingerprint density at radius 1 is 1.15 bits per heavy atom. The number of nitrogens with zero attached hydrogens (tertiary/aromatic N) is 1. The number of carbonyl (C=O) groups is 1. The van der Waals surface area contributed by atoms with Gasteiger partial charge in [0, 0.05) is 26.3 Å². The van der Waals surface area contributed by atoms with Crippen molar-refractivity contribution < 1.29 is 19.0 Å². The Morgan fingerprint density at radius 3 is 2.38 bits per heavy atom. The van der Waals surface area contributed by atoms with E-state index >= 15 is 0 Å². The fourth-order valence-electron chi connectivity index (χ4n) is 3.60. The molecule has 2 aliphatic rings. The molecule has 0 aliphatic carbocycles. The highest BCUT2D eigenvalue weighted by Crippen LogP contribution is 2.24. The van der Waals surface area contributed by atoms with Crippen molar-refractivity contribution in [2.45, 2.75) is 44.8 Å². The summed E-state index contributed by atoms with van der Waals surface area (Å²) in [4.78, 5) is 14.8. The first-order chi connectivity index (χ1) is 12.7. The zero-order chi connectivity index (χ0) is 18.2. The number of amides is 1. The Bertz CT molecular complexity index is 551. The fraction of sp³-hybridized carbons (Fsp3) is 0.650. The molecular weight excluding hydrogens is 332 g/mol. The number of benzene rings is 1. The van der Waals surface area contributed by atoms with Crippen molar-refractivity contribution in [1.29, 1.82) is 0 Å². The number of nitrogens with one attached hydrogen (secondary N) is 1. The fourth-order valence-corrected chi connectivity index (χ4v) is 3.60. The molecule has 0 spiro atoms. The van der Waals surface area contributed by atoms with Gasteiger partial charge in [-0.05, 0) is 44.7 Å².